The lowest BCUT2D eigenvalue weighted by molar-refractivity contribution is 0.178. The van der Waals surface area contributed by atoms with Crippen LogP contribution >= 0.6 is 24.0 Å². The van der Waals surface area contributed by atoms with Gasteiger partial charge in [-0.2, -0.15) is 0 Å². The second-order valence-electron chi connectivity index (χ2n) is 6.93. The van der Waals surface area contributed by atoms with E-state index >= 15 is 0 Å². The van der Waals surface area contributed by atoms with E-state index in [0.29, 0.717) is 18.6 Å². The Kier molecular flexibility index (Phi) is 12.5. The first-order chi connectivity index (χ1) is 12.3. The van der Waals surface area contributed by atoms with E-state index in [1.807, 2.05) is 32.3 Å². The zero-order valence-electron chi connectivity index (χ0n) is 18.1. The fourth-order valence-electron chi connectivity index (χ4n) is 3.11. The van der Waals surface area contributed by atoms with Crippen LogP contribution in [-0.4, -0.2) is 69.2 Å². The number of ether oxygens (including phenoxy) is 2. The normalized spacial score (nSPS) is 11.6. The molecule has 0 heterocycles. The molecule has 156 valence electrons. The average Bonchev–Trinajstić information content (AvgIpc) is 2.61. The van der Waals surface area contributed by atoms with Crippen molar-refractivity contribution in [3.05, 3.63) is 23.8 Å². The van der Waals surface area contributed by atoms with E-state index in [1.54, 1.807) is 14.2 Å². The second kappa shape index (κ2) is 13.0. The summed E-state index contributed by atoms with van der Waals surface area (Å²) in [5.41, 5.74) is 1.09. The van der Waals surface area contributed by atoms with Gasteiger partial charge in [-0.05, 0) is 39.8 Å². The molecule has 0 saturated carbocycles. The van der Waals surface area contributed by atoms with Crippen molar-refractivity contribution in [3.63, 3.8) is 0 Å². The molecule has 0 aliphatic rings. The van der Waals surface area contributed by atoms with Gasteiger partial charge in [-0.1, -0.05) is 0 Å². The van der Waals surface area contributed by atoms with Gasteiger partial charge < -0.3 is 19.7 Å². The van der Waals surface area contributed by atoms with Crippen molar-refractivity contribution in [2.75, 3.05) is 41.4 Å². The maximum absolute atomic E-state index is 5.49. The summed E-state index contributed by atoms with van der Waals surface area (Å²) in [6.45, 7) is 11.5. The van der Waals surface area contributed by atoms with E-state index in [9.17, 15) is 0 Å². The maximum atomic E-state index is 5.49. The van der Waals surface area contributed by atoms with Crippen LogP contribution in [0.4, 0.5) is 0 Å². The highest BCUT2D eigenvalue weighted by Crippen LogP contribution is 2.25. The van der Waals surface area contributed by atoms with Crippen LogP contribution in [0.15, 0.2) is 23.2 Å². The van der Waals surface area contributed by atoms with E-state index < -0.39 is 0 Å². The van der Waals surface area contributed by atoms with Gasteiger partial charge in [-0.15, -0.1) is 24.0 Å². The van der Waals surface area contributed by atoms with Gasteiger partial charge in [0.2, 0.25) is 0 Å². The Morgan fingerprint density at radius 2 is 1.74 bits per heavy atom. The molecule has 0 unspecified atom stereocenters. The highest BCUT2D eigenvalue weighted by Gasteiger charge is 2.14. The molecule has 0 fully saturated rings. The number of rotatable bonds is 9. The Hall–Kier alpha value is -1.22. The molecule has 0 saturated heterocycles. The molecular formula is C20H37IN4O2. The summed E-state index contributed by atoms with van der Waals surface area (Å²) in [5.74, 6) is 2.48. The summed E-state index contributed by atoms with van der Waals surface area (Å²) < 4.78 is 10.8. The van der Waals surface area contributed by atoms with Gasteiger partial charge in [0.1, 0.15) is 11.5 Å². The van der Waals surface area contributed by atoms with Crippen LogP contribution in [0, 0.1) is 0 Å². The minimum atomic E-state index is 0. The van der Waals surface area contributed by atoms with Gasteiger partial charge >= 0.3 is 0 Å². The van der Waals surface area contributed by atoms with Crippen molar-refractivity contribution < 1.29 is 9.47 Å². The molecule has 0 spiro atoms. The molecule has 0 radical (unpaired) electrons. The van der Waals surface area contributed by atoms with Gasteiger partial charge in [0.05, 0.1) is 14.2 Å². The Balaban J connectivity index is 0.00000676. The van der Waals surface area contributed by atoms with E-state index in [1.165, 1.54) is 0 Å². The van der Waals surface area contributed by atoms with Crippen molar-refractivity contribution >= 4 is 29.9 Å². The number of methoxy groups -OCH3 is 2. The van der Waals surface area contributed by atoms with Crippen LogP contribution in [0.25, 0.3) is 0 Å². The summed E-state index contributed by atoms with van der Waals surface area (Å²) in [4.78, 5) is 8.97. The fraction of sp³-hybridized carbons (Fsp3) is 0.650. The van der Waals surface area contributed by atoms with Crippen LogP contribution in [0.3, 0.4) is 0 Å². The lowest BCUT2D eigenvalue weighted by Gasteiger charge is -2.31. The molecule has 1 aromatic carbocycles. The average molecular weight is 492 g/mol. The van der Waals surface area contributed by atoms with Crippen molar-refractivity contribution in [1.29, 1.82) is 0 Å². The van der Waals surface area contributed by atoms with Crippen molar-refractivity contribution in [3.8, 4) is 11.5 Å². The summed E-state index contributed by atoms with van der Waals surface area (Å²) >= 11 is 0. The lowest BCUT2D eigenvalue weighted by atomic mass is 10.2. The van der Waals surface area contributed by atoms with E-state index in [-0.39, 0.29) is 24.0 Å². The molecule has 1 N–H and O–H groups in total. The molecule has 6 nitrogen and oxygen atoms in total. The van der Waals surface area contributed by atoms with Crippen molar-refractivity contribution in [2.24, 2.45) is 4.99 Å². The molecule has 0 aromatic heterocycles. The third-order valence-corrected chi connectivity index (χ3v) is 4.45. The van der Waals surface area contributed by atoms with Gasteiger partial charge in [0.15, 0.2) is 5.96 Å². The first kappa shape index (κ1) is 25.8. The molecule has 27 heavy (non-hydrogen) atoms. The standard InChI is InChI=1S/C20H36N4O2.HI/c1-15(2)24(16(3)4)12-11-22-20(21-5)23(6)14-17-9-10-18(25-7)13-19(17)26-8;/h9-10,13,15-16H,11-12,14H2,1-8H3,(H,21,22);1H. The summed E-state index contributed by atoms with van der Waals surface area (Å²) in [6, 6.07) is 6.94. The SMILES string of the molecule is CN=C(NCCN(C(C)C)C(C)C)N(C)Cc1ccc(OC)cc1OC.I. The van der Waals surface area contributed by atoms with Crippen LogP contribution in [-0.2, 0) is 6.54 Å². The zero-order valence-corrected chi connectivity index (χ0v) is 20.4. The molecule has 0 atom stereocenters. The number of nitrogens with one attached hydrogen (secondary N) is 1. The Morgan fingerprint density at radius 3 is 2.22 bits per heavy atom. The highest BCUT2D eigenvalue weighted by molar-refractivity contribution is 14.0. The Bertz CT molecular complexity index is 571. The molecular weight excluding hydrogens is 455 g/mol. The van der Waals surface area contributed by atoms with E-state index in [0.717, 1.165) is 36.1 Å². The van der Waals surface area contributed by atoms with E-state index in [2.05, 4.69) is 47.8 Å². The number of nitrogens with zero attached hydrogens (tertiary/aromatic N) is 3. The first-order valence-corrected chi connectivity index (χ1v) is 9.22. The predicted octanol–water partition coefficient (Wildman–Crippen LogP) is 3.45. The lowest BCUT2D eigenvalue weighted by Crippen LogP contribution is -2.45. The third kappa shape index (κ3) is 8.13. The smallest absolute Gasteiger partial charge is 0.193 e. The number of halogens is 1. The topological polar surface area (TPSA) is 49.3 Å². The minimum absolute atomic E-state index is 0. The number of benzene rings is 1. The molecule has 1 aromatic rings. The molecule has 0 bridgehead atoms. The van der Waals surface area contributed by atoms with Gasteiger partial charge in [0, 0.05) is 57.4 Å². The Labute approximate surface area is 182 Å². The molecule has 7 heteroatoms. The predicted molar refractivity (Wildman–Crippen MR) is 125 cm³/mol. The number of aliphatic imine (C=N–C) groups is 1. The second-order valence-corrected chi connectivity index (χ2v) is 6.93. The quantitative estimate of drug-likeness (QED) is 0.325. The van der Waals surface area contributed by atoms with Crippen LogP contribution in [0.2, 0.25) is 0 Å². The Morgan fingerprint density at radius 1 is 1.11 bits per heavy atom. The molecule has 0 aliphatic heterocycles. The molecule has 0 amide bonds. The summed E-state index contributed by atoms with van der Waals surface area (Å²) in [5, 5.41) is 3.46. The molecule has 1 rings (SSSR count). The van der Waals surface area contributed by atoms with Crippen LogP contribution < -0.4 is 14.8 Å². The number of hydrogen-bond donors (Lipinski definition) is 1. The highest BCUT2D eigenvalue weighted by atomic mass is 127. The maximum Gasteiger partial charge on any atom is 0.193 e. The minimum Gasteiger partial charge on any atom is -0.497 e. The van der Waals surface area contributed by atoms with Crippen LogP contribution in [0.1, 0.15) is 33.3 Å². The first-order valence-electron chi connectivity index (χ1n) is 9.22. The largest absolute Gasteiger partial charge is 0.497 e. The van der Waals surface area contributed by atoms with Gasteiger partial charge in [-0.3, -0.25) is 9.89 Å². The van der Waals surface area contributed by atoms with Gasteiger partial charge in [-0.25, -0.2) is 0 Å². The fourth-order valence-corrected chi connectivity index (χ4v) is 3.11. The van der Waals surface area contributed by atoms with Crippen molar-refractivity contribution in [1.82, 2.24) is 15.1 Å². The number of hydrogen-bond acceptors (Lipinski definition) is 4. The van der Waals surface area contributed by atoms with Gasteiger partial charge in [0.25, 0.3) is 0 Å². The monoisotopic (exact) mass is 492 g/mol. The van der Waals surface area contributed by atoms with Crippen molar-refractivity contribution in [2.45, 2.75) is 46.3 Å². The molecule has 0 aliphatic carbocycles. The van der Waals surface area contributed by atoms with Crippen LogP contribution in [0.5, 0.6) is 11.5 Å². The van der Waals surface area contributed by atoms with E-state index in [4.69, 9.17) is 9.47 Å². The number of guanidine groups is 1. The summed E-state index contributed by atoms with van der Waals surface area (Å²) in [7, 11) is 7.18. The zero-order chi connectivity index (χ0) is 19.7. The summed E-state index contributed by atoms with van der Waals surface area (Å²) in [6.07, 6.45) is 0. The third-order valence-electron chi connectivity index (χ3n) is 4.45.